The number of benzene rings is 7. The maximum Gasteiger partial charge on any atom is 0.269 e. The Bertz CT molecular complexity index is 4760. The standard InChI is InChI=1S/C79H93N15O16/c1-89(2)37-11-10-15-63(82-76(99)50-19-32-59(62(41-50)78(101)102)72-60-33-28-56(90(3)4)42-66(60)109-67-43-57(91(5)6)29-34-61(67)72)77(100)81-46-53-47-93(88-85-53)39-12-13-40-107-48-70-73(96)74(97)75(98)79(110-70)108-58-30-17-49(18-31-58)35-36-80-71(95)16-14-38-92(7)54-24-20-51(21-25-54)83-86-64-44-69(106-9)65(45-68(64)105-8)87-84-52-22-26-55(27-23-52)94(103)104/h17-34,41-45,47,63,70,73-75,79,96-98H,10-16,35-40,46,48H2,1-9H3,(H3-,80,81,82,95,99,100,101,102)/t63-,70-,73-,74+,75-,79-/m1/s1. The highest BCUT2D eigenvalue weighted by molar-refractivity contribution is 6.09. The lowest BCUT2D eigenvalue weighted by Crippen LogP contribution is -2.60. The Labute approximate surface area is 635 Å². The predicted octanol–water partition coefficient (Wildman–Crippen LogP) is 8.42. The van der Waals surface area contributed by atoms with Crippen LogP contribution < -0.4 is 55.0 Å². The summed E-state index contributed by atoms with van der Waals surface area (Å²) in [6.45, 7) is 2.40. The predicted molar refractivity (Wildman–Crippen MR) is 410 cm³/mol. The monoisotopic (exact) mass is 1510 g/mol. The Morgan fingerprint density at radius 2 is 1.40 bits per heavy atom. The molecule has 2 aliphatic heterocycles. The molecule has 31 nitrogen and oxygen atoms in total. The van der Waals surface area contributed by atoms with Gasteiger partial charge in [0.1, 0.15) is 90.2 Å². The largest absolute Gasteiger partial charge is 0.545 e. The van der Waals surface area contributed by atoms with Gasteiger partial charge in [0.15, 0.2) is 0 Å². The second-order valence-corrected chi connectivity index (χ2v) is 27.3. The van der Waals surface area contributed by atoms with E-state index in [2.05, 4.69) is 46.7 Å². The number of hydrogen-bond donors (Lipinski definition) is 6. The number of aryl methyl sites for hydroxylation is 1. The van der Waals surface area contributed by atoms with Crippen molar-refractivity contribution in [3.8, 4) is 39.7 Å². The van der Waals surface area contributed by atoms with Crippen molar-refractivity contribution in [2.24, 2.45) is 20.5 Å². The number of non-ortho nitro benzene ring substituents is 1. The number of nitro benzene ring substituents is 1. The molecule has 7 aromatic rings. The number of rotatable bonds is 37. The van der Waals surface area contributed by atoms with E-state index in [0.717, 1.165) is 35.3 Å². The first-order valence-corrected chi connectivity index (χ1v) is 36.0. The number of carbonyl (C=O) groups excluding carboxylic acids is 4. The highest BCUT2D eigenvalue weighted by Gasteiger charge is 2.45. The number of azo groups is 2. The number of aliphatic hydroxyl groups is 3. The SMILES string of the molecule is COc1cc(N=Nc2ccc([N+](=O)[O-])cc2)c(OC)cc1N=Nc1ccc(N(C)CCCC(=O)NCCc2ccc(O[C@@H]3O[C@H](COCCCCn4cc(CNC(=O)[C@@H](CCCCN(C)C)NC(=O)c5ccc(-c6c7ccc(=[N+](C)C)cc-7oc7cc(N(C)C)ccc67)c(C(=O)[O-])c5)nn4)[C@@H](O)[C@H](O)[C@H]3O)cc2)cc1. The molecule has 31 heteroatoms. The van der Waals surface area contributed by atoms with Crippen LogP contribution in [0.15, 0.2) is 171 Å². The highest BCUT2D eigenvalue weighted by atomic mass is 16.7. The smallest absolute Gasteiger partial charge is 0.269 e. The van der Waals surface area contributed by atoms with Crippen LogP contribution in [0.5, 0.6) is 17.2 Å². The van der Waals surface area contributed by atoms with Gasteiger partial charge in [-0.25, -0.2) is 4.58 Å². The van der Waals surface area contributed by atoms with E-state index in [1.807, 2.05) is 141 Å². The number of carboxylic acid groups (broad SMARTS) is 1. The van der Waals surface area contributed by atoms with Gasteiger partial charge >= 0.3 is 0 Å². The van der Waals surface area contributed by atoms with Crippen molar-refractivity contribution < 1.29 is 72.6 Å². The summed E-state index contributed by atoms with van der Waals surface area (Å²) in [6.07, 6.45) is -0.954. The molecule has 3 amide bonds. The van der Waals surface area contributed by atoms with E-state index in [1.165, 1.54) is 44.6 Å². The van der Waals surface area contributed by atoms with Gasteiger partial charge in [-0.3, -0.25) is 29.2 Å². The summed E-state index contributed by atoms with van der Waals surface area (Å²) < 4.78 is 38.8. The van der Waals surface area contributed by atoms with Crippen molar-refractivity contribution in [2.75, 3.05) is 106 Å². The van der Waals surface area contributed by atoms with Crippen LogP contribution in [0.3, 0.4) is 0 Å². The summed E-state index contributed by atoms with van der Waals surface area (Å²) in [7, 11) is 16.5. The first kappa shape index (κ1) is 80.9. The van der Waals surface area contributed by atoms with Gasteiger partial charge in [0.25, 0.3) is 11.6 Å². The molecule has 10 rings (SSSR count). The van der Waals surface area contributed by atoms with Crippen LogP contribution in [0.1, 0.15) is 76.9 Å². The quantitative estimate of drug-likeness (QED) is 0.00531. The molecule has 1 saturated heterocycles. The van der Waals surface area contributed by atoms with Gasteiger partial charge in [-0.05, 0) is 156 Å². The van der Waals surface area contributed by atoms with Gasteiger partial charge < -0.3 is 84.0 Å². The van der Waals surface area contributed by atoms with Crippen LogP contribution in [0.25, 0.3) is 33.4 Å². The van der Waals surface area contributed by atoms with Gasteiger partial charge in [-0.1, -0.05) is 23.4 Å². The number of ether oxygens (including phenoxy) is 5. The fourth-order valence-corrected chi connectivity index (χ4v) is 12.3. The third-order valence-corrected chi connectivity index (χ3v) is 18.6. The minimum Gasteiger partial charge on any atom is -0.545 e. The molecule has 6 aromatic carbocycles. The zero-order valence-electron chi connectivity index (χ0n) is 62.9. The van der Waals surface area contributed by atoms with Crippen molar-refractivity contribution in [3.05, 3.63) is 184 Å². The average Bonchev–Trinajstić information content (AvgIpc) is 0.952. The lowest BCUT2D eigenvalue weighted by molar-refractivity contribution is -0.384. The van der Waals surface area contributed by atoms with Crippen LogP contribution in [-0.4, -0.2) is 197 Å². The van der Waals surface area contributed by atoms with E-state index < -0.39 is 59.5 Å². The van der Waals surface area contributed by atoms with Gasteiger partial charge in [0.2, 0.25) is 23.5 Å². The molecule has 0 saturated carbocycles. The lowest BCUT2D eigenvalue weighted by atomic mass is 9.89. The number of hydrogen-bond acceptors (Lipinski definition) is 25. The Morgan fingerprint density at radius 1 is 0.718 bits per heavy atom. The molecule has 0 radical (unpaired) electrons. The van der Waals surface area contributed by atoms with Crippen molar-refractivity contribution in [1.29, 1.82) is 0 Å². The van der Waals surface area contributed by atoms with E-state index in [1.54, 1.807) is 47.3 Å². The number of anilines is 2. The number of methoxy groups -OCH3 is 2. The number of aromatic carboxylic acids is 1. The molecule has 3 aliphatic rings. The summed E-state index contributed by atoms with van der Waals surface area (Å²) >= 11 is 0. The fourth-order valence-electron chi connectivity index (χ4n) is 12.3. The second-order valence-electron chi connectivity index (χ2n) is 27.3. The summed E-state index contributed by atoms with van der Waals surface area (Å²) in [5, 5.41) is 92.5. The summed E-state index contributed by atoms with van der Waals surface area (Å²) in [6, 6.07) is 38.2. The number of nitro groups is 1. The Morgan fingerprint density at radius 3 is 2.05 bits per heavy atom. The Kier molecular flexibility index (Phi) is 28.3. The zero-order valence-corrected chi connectivity index (χ0v) is 62.9. The van der Waals surface area contributed by atoms with E-state index in [-0.39, 0.29) is 42.5 Å². The third-order valence-electron chi connectivity index (χ3n) is 18.6. The number of carbonyl (C=O) groups is 4. The van der Waals surface area contributed by atoms with Gasteiger partial charge in [-0.2, -0.15) is 10.2 Å². The Hall–Kier alpha value is -11.6. The molecule has 0 spiro atoms. The van der Waals surface area contributed by atoms with E-state index >= 15 is 0 Å². The number of aromatic nitrogens is 3. The molecular formula is C79H93N15O16. The molecule has 110 heavy (non-hydrogen) atoms. The van der Waals surface area contributed by atoms with Gasteiger partial charge in [-0.15, -0.1) is 15.3 Å². The molecule has 6 atom stereocenters. The topological polar surface area (TPSA) is 383 Å². The number of unbranched alkanes of at least 4 members (excludes halogenated alkanes) is 2. The minimum atomic E-state index is -1.58. The summed E-state index contributed by atoms with van der Waals surface area (Å²) in [4.78, 5) is 70.5. The lowest BCUT2D eigenvalue weighted by Gasteiger charge is -2.40. The normalized spacial score (nSPS) is 16.0. The molecule has 1 fully saturated rings. The molecule has 1 aromatic heterocycles. The molecule has 6 N–H and O–H groups in total. The van der Waals surface area contributed by atoms with Crippen molar-refractivity contribution in [1.82, 2.24) is 40.4 Å². The van der Waals surface area contributed by atoms with Crippen LogP contribution in [0.2, 0.25) is 0 Å². The van der Waals surface area contributed by atoms with Crippen LogP contribution in [0, 0.1) is 10.1 Å². The zero-order chi connectivity index (χ0) is 78.5. The molecule has 0 unspecified atom stereocenters. The van der Waals surface area contributed by atoms with Gasteiger partial charge in [0.05, 0.1) is 61.9 Å². The van der Waals surface area contributed by atoms with Gasteiger partial charge in [0, 0.05) is 129 Å². The first-order chi connectivity index (χ1) is 52.9. The van der Waals surface area contributed by atoms with Crippen molar-refractivity contribution in [3.63, 3.8) is 0 Å². The van der Waals surface area contributed by atoms with Crippen LogP contribution in [-0.2, 0) is 38.6 Å². The highest BCUT2D eigenvalue weighted by Crippen LogP contribution is 2.44. The molecular weight excluding hydrogens is 1410 g/mol. The number of carboxylic acids is 1. The molecule has 580 valence electrons. The fraction of sp³-hybridized carbons (Fsp3) is 0.380. The molecule has 1 aliphatic carbocycles. The molecule has 0 bridgehead atoms. The maximum atomic E-state index is 14.1. The summed E-state index contributed by atoms with van der Waals surface area (Å²) in [5.74, 6) is -1.06. The number of nitrogens with one attached hydrogen (secondary N) is 3. The third kappa shape index (κ3) is 21.6. The van der Waals surface area contributed by atoms with E-state index in [9.17, 15) is 49.7 Å². The maximum absolute atomic E-state index is 14.1. The van der Waals surface area contributed by atoms with Crippen molar-refractivity contribution in [2.45, 2.75) is 101 Å². The number of aliphatic hydroxyl groups excluding tert-OH is 3. The van der Waals surface area contributed by atoms with Crippen LogP contribution in [0.4, 0.5) is 39.8 Å². The average molecular weight is 1510 g/mol. The Balaban J connectivity index is 0.628. The second kappa shape index (κ2) is 38.5. The number of fused-ring (bicyclic) bond motifs is 2. The van der Waals surface area contributed by atoms with E-state index in [0.29, 0.717) is 144 Å². The van der Waals surface area contributed by atoms with Crippen molar-refractivity contribution >= 4 is 74.5 Å². The first-order valence-electron chi connectivity index (χ1n) is 36.0. The van der Waals surface area contributed by atoms with Crippen LogP contribution >= 0.6 is 0 Å². The number of nitrogens with zero attached hydrogens (tertiary/aromatic N) is 12. The minimum absolute atomic E-state index is 0.0136. The molecule has 3 heterocycles. The number of amides is 3. The van der Waals surface area contributed by atoms with E-state index in [4.69, 9.17) is 28.1 Å². The summed E-state index contributed by atoms with van der Waals surface area (Å²) in [5.41, 5.74) is 6.81.